The van der Waals surface area contributed by atoms with E-state index in [4.69, 9.17) is 10.5 Å². The third-order valence-electron chi connectivity index (χ3n) is 3.51. The Morgan fingerprint density at radius 2 is 2.00 bits per heavy atom. The molecule has 0 saturated carbocycles. The lowest BCUT2D eigenvalue weighted by Gasteiger charge is -2.27. The molecule has 0 aromatic heterocycles. The van der Waals surface area contributed by atoms with Gasteiger partial charge in [-0.2, -0.15) is 0 Å². The standard InChI is InChI=1S/C15H21N3O3.ClH/c1-11-12(15(20)18-7-9-21-10-8-18)3-2-4-13(11)17-14(19)5-6-16;/h2-4H,5-10,16H2,1H3,(H,17,19);1H. The van der Waals surface area contributed by atoms with Gasteiger partial charge in [-0.15, -0.1) is 12.4 Å². The molecule has 1 heterocycles. The van der Waals surface area contributed by atoms with Crippen molar-refractivity contribution in [2.75, 3.05) is 38.2 Å². The van der Waals surface area contributed by atoms with E-state index in [1.54, 1.807) is 23.1 Å². The Bertz CT molecular complexity index is 531. The maximum Gasteiger partial charge on any atom is 0.254 e. The molecule has 1 aliphatic heterocycles. The van der Waals surface area contributed by atoms with E-state index in [-0.39, 0.29) is 30.6 Å². The molecule has 2 amide bonds. The highest BCUT2D eigenvalue weighted by molar-refractivity contribution is 5.99. The lowest BCUT2D eigenvalue weighted by Crippen LogP contribution is -2.41. The van der Waals surface area contributed by atoms with Crippen LogP contribution in [-0.4, -0.2) is 49.6 Å². The smallest absolute Gasteiger partial charge is 0.254 e. The Hall–Kier alpha value is -1.63. The number of hydrogen-bond donors (Lipinski definition) is 2. The largest absolute Gasteiger partial charge is 0.378 e. The summed E-state index contributed by atoms with van der Waals surface area (Å²) in [6, 6.07) is 5.35. The number of nitrogens with two attached hydrogens (primary N) is 1. The molecule has 0 unspecified atom stereocenters. The third-order valence-corrected chi connectivity index (χ3v) is 3.51. The zero-order valence-electron chi connectivity index (χ0n) is 12.6. The van der Waals surface area contributed by atoms with Crippen LogP contribution in [0.5, 0.6) is 0 Å². The molecule has 0 bridgehead atoms. The van der Waals surface area contributed by atoms with E-state index in [0.717, 1.165) is 5.56 Å². The minimum absolute atomic E-state index is 0. The number of rotatable bonds is 4. The monoisotopic (exact) mass is 327 g/mol. The molecule has 1 saturated heterocycles. The number of halogens is 1. The van der Waals surface area contributed by atoms with Crippen LogP contribution in [0.15, 0.2) is 18.2 Å². The van der Waals surface area contributed by atoms with Gasteiger partial charge in [-0.05, 0) is 24.6 Å². The first kappa shape index (κ1) is 18.4. The summed E-state index contributed by atoms with van der Waals surface area (Å²) in [5.41, 5.74) is 7.41. The summed E-state index contributed by atoms with van der Waals surface area (Å²) in [6.45, 7) is 4.47. The molecular weight excluding hydrogens is 306 g/mol. The van der Waals surface area contributed by atoms with E-state index in [1.165, 1.54) is 0 Å². The first-order valence-corrected chi connectivity index (χ1v) is 7.10. The number of anilines is 1. The molecular formula is C15H22ClN3O3. The number of carbonyl (C=O) groups is 2. The van der Waals surface area contributed by atoms with E-state index >= 15 is 0 Å². The van der Waals surface area contributed by atoms with Crippen LogP contribution in [0.4, 0.5) is 5.69 Å². The summed E-state index contributed by atoms with van der Waals surface area (Å²) in [5.74, 6) is -0.165. The quantitative estimate of drug-likeness (QED) is 0.869. The number of nitrogens with one attached hydrogen (secondary N) is 1. The second-order valence-corrected chi connectivity index (χ2v) is 4.97. The van der Waals surface area contributed by atoms with Gasteiger partial charge in [0.05, 0.1) is 13.2 Å². The Labute approximate surface area is 136 Å². The van der Waals surface area contributed by atoms with Crippen molar-refractivity contribution in [1.29, 1.82) is 0 Å². The van der Waals surface area contributed by atoms with Crippen molar-refractivity contribution in [1.82, 2.24) is 4.90 Å². The summed E-state index contributed by atoms with van der Waals surface area (Å²) in [6.07, 6.45) is 0.265. The molecule has 0 spiro atoms. The normalized spacial score (nSPS) is 14.2. The maximum atomic E-state index is 12.5. The second kappa shape index (κ2) is 8.73. The molecule has 0 radical (unpaired) electrons. The molecule has 7 heteroatoms. The van der Waals surface area contributed by atoms with Gasteiger partial charge >= 0.3 is 0 Å². The molecule has 0 aliphatic carbocycles. The minimum Gasteiger partial charge on any atom is -0.378 e. The van der Waals surface area contributed by atoms with E-state index in [9.17, 15) is 9.59 Å². The summed E-state index contributed by atoms with van der Waals surface area (Å²) < 4.78 is 5.26. The number of amides is 2. The summed E-state index contributed by atoms with van der Waals surface area (Å²) in [7, 11) is 0. The van der Waals surface area contributed by atoms with Crippen molar-refractivity contribution >= 4 is 29.9 Å². The van der Waals surface area contributed by atoms with Crippen molar-refractivity contribution in [2.24, 2.45) is 5.73 Å². The van der Waals surface area contributed by atoms with Crippen LogP contribution < -0.4 is 11.1 Å². The predicted molar refractivity (Wildman–Crippen MR) is 87.5 cm³/mol. The number of benzene rings is 1. The zero-order chi connectivity index (χ0) is 15.2. The lowest BCUT2D eigenvalue weighted by molar-refractivity contribution is -0.116. The molecule has 1 aromatic rings. The third kappa shape index (κ3) is 4.43. The zero-order valence-corrected chi connectivity index (χ0v) is 13.4. The molecule has 1 aliphatic rings. The number of nitrogens with zero attached hydrogens (tertiary/aromatic N) is 1. The van der Waals surface area contributed by atoms with Crippen molar-refractivity contribution < 1.29 is 14.3 Å². The first-order chi connectivity index (χ1) is 10.1. The fraction of sp³-hybridized carbons (Fsp3) is 0.467. The Morgan fingerprint density at radius 3 is 2.64 bits per heavy atom. The van der Waals surface area contributed by atoms with Gasteiger partial charge in [-0.1, -0.05) is 6.07 Å². The van der Waals surface area contributed by atoms with Crippen LogP contribution >= 0.6 is 12.4 Å². The minimum atomic E-state index is -0.142. The summed E-state index contributed by atoms with van der Waals surface area (Å²) >= 11 is 0. The molecule has 122 valence electrons. The summed E-state index contributed by atoms with van der Waals surface area (Å²) in [4.78, 5) is 25.9. The highest BCUT2D eigenvalue weighted by Crippen LogP contribution is 2.21. The number of morpholine rings is 1. The highest BCUT2D eigenvalue weighted by Gasteiger charge is 2.21. The molecule has 6 nitrogen and oxygen atoms in total. The van der Waals surface area contributed by atoms with Gasteiger partial charge < -0.3 is 20.7 Å². The van der Waals surface area contributed by atoms with Gasteiger partial charge in [0.25, 0.3) is 5.91 Å². The van der Waals surface area contributed by atoms with Crippen LogP contribution in [0.2, 0.25) is 0 Å². The average Bonchev–Trinajstić information content (AvgIpc) is 2.50. The Kier molecular flexibility index (Phi) is 7.31. The molecule has 3 N–H and O–H groups in total. The van der Waals surface area contributed by atoms with Crippen molar-refractivity contribution in [2.45, 2.75) is 13.3 Å². The average molecular weight is 328 g/mol. The molecule has 1 fully saturated rings. The van der Waals surface area contributed by atoms with Crippen molar-refractivity contribution in [3.63, 3.8) is 0 Å². The maximum absolute atomic E-state index is 12.5. The van der Waals surface area contributed by atoms with E-state index in [1.807, 2.05) is 6.92 Å². The van der Waals surface area contributed by atoms with Crippen LogP contribution in [0.25, 0.3) is 0 Å². The van der Waals surface area contributed by atoms with Gasteiger partial charge in [-0.3, -0.25) is 9.59 Å². The van der Waals surface area contributed by atoms with Gasteiger partial charge in [0.15, 0.2) is 0 Å². The van der Waals surface area contributed by atoms with Crippen molar-refractivity contribution in [3.8, 4) is 0 Å². The fourth-order valence-electron chi connectivity index (χ4n) is 2.28. The fourth-order valence-corrected chi connectivity index (χ4v) is 2.28. The van der Waals surface area contributed by atoms with Gasteiger partial charge in [0.2, 0.25) is 5.91 Å². The molecule has 2 rings (SSSR count). The topological polar surface area (TPSA) is 84.7 Å². The predicted octanol–water partition coefficient (Wildman–Crippen LogP) is 1.18. The molecule has 22 heavy (non-hydrogen) atoms. The van der Waals surface area contributed by atoms with Crippen LogP contribution in [-0.2, 0) is 9.53 Å². The van der Waals surface area contributed by atoms with Crippen LogP contribution in [0, 0.1) is 6.92 Å². The highest BCUT2D eigenvalue weighted by atomic mass is 35.5. The second-order valence-electron chi connectivity index (χ2n) is 4.97. The van der Waals surface area contributed by atoms with E-state index in [2.05, 4.69) is 5.32 Å². The SMILES string of the molecule is Cc1c(NC(=O)CCN)cccc1C(=O)N1CCOCC1.Cl. The number of hydrogen-bond acceptors (Lipinski definition) is 4. The molecule has 0 atom stereocenters. The number of carbonyl (C=O) groups excluding carboxylic acids is 2. The van der Waals surface area contributed by atoms with E-state index in [0.29, 0.717) is 44.1 Å². The van der Waals surface area contributed by atoms with Gasteiger partial charge in [0, 0.05) is 37.3 Å². The molecule has 1 aromatic carbocycles. The van der Waals surface area contributed by atoms with Gasteiger partial charge in [0.1, 0.15) is 0 Å². The summed E-state index contributed by atoms with van der Waals surface area (Å²) in [5, 5.41) is 2.79. The van der Waals surface area contributed by atoms with E-state index < -0.39 is 0 Å². The Morgan fingerprint density at radius 1 is 1.32 bits per heavy atom. The van der Waals surface area contributed by atoms with Crippen LogP contribution in [0.1, 0.15) is 22.3 Å². The van der Waals surface area contributed by atoms with Crippen LogP contribution in [0.3, 0.4) is 0 Å². The lowest BCUT2D eigenvalue weighted by atomic mass is 10.0. The Balaban J connectivity index is 0.00000242. The first-order valence-electron chi connectivity index (χ1n) is 7.10. The number of ether oxygens (including phenoxy) is 1. The van der Waals surface area contributed by atoms with Crippen molar-refractivity contribution in [3.05, 3.63) is 29.3 Å². The van der Waals surface area contributed by atoms with Gasteiger partial charge in [-0.25, -0.2) is 0 Å².